The fraction of sp³-hybridized carbons (Fsp3) is 0.927. The number of ether oxygens (including phenoxy) is 1. The Balaban J connectivity index is 3.28. The van der Waals surface area contributed by atoms with Crippen molar-refractivity contribution in [3.05, 3.63) is 24.3 Å². The van der Waals surface area contributed by atoms with Crippen LogP contribution in [0.3, 0.4) is 0 Å². The van der Waals surface area contributed by atoms with Crippen LogP contribution in [0, 0.1) is 0 Å². The quantitative estimate of drug-likeness (QED) is 0.0320. The molecule has 0 saturated heterocycles. The first kappa shape index (κ1) is 86.3. The first-order chi connectivity index (χ1) is 43.5. The average molecular weight is 1240 g/mol. The molecule has 0 radical (unpaired) electrons. The Morgan fingerprint density at radius 3 is 0.875 bits per heavy atom. The minimum Gasteiger partial charge on any atom is -0.466 e. The standard InChI is InChI=1S/C82H159NO5/c1-3-5-7-9-11-13-15-17-19-20-45-48-52-56-60-64-68-72-76-82(87)88-77-73-69-65-61-57-53-49-46-43-41-39-37-35-33-31-29-27-25-23-21-22-24-26-28-30-32-34-36-38-40-42-44-47-51-55-59-63-67-71-75-81(86)83-79(78-84)80(85)74-70-66-62-58-54-50-18-16-14-12-10-8-6-4-2/h13,15,19-20,79-80,84-85H,3-12,14,16-18,21-78H2,1-2H3,(H,83,86)/b15-13-,20-19-. The van der Waals surface area contributed by atoms with Gasteiger partial charge >= 0.3 is 5.97 Å². The predicted molar refractivity (Wildman–Crippen MR) is 389 cm³/mol. The Kier molecular flexibility index (Phi) is 76.3. The summed E-state index contributed by atoms with van der Waals surface area (Å²) in [6.07, 6.45) is 100. The maximum Gasteiger partial charge on any atom is 0.305 e. The smallest absolute Gasteiger partial charge is 0.305 e. The van der Waals surface area contributed by atoms with Crippen LogP contribution in [0.15, 0.2) is 24.3 Å². The average Bonchev–Trinajstić information content (AvgIpc) is 3.58. The van der Waals surface area contributed by atoms with Gasteiger partial charge in [0, 0.05) is 12.8 Å². The molecule has 1 amide bonds. The van der Waals surface area contributed by atoms with Crippen molar-refractivity contribution in [3.63, 3.8) is 0 Å². The molecule has 88 heavy (non-hydrogen) atoms. The van der Waals surface area contributed by atoms with Crippen molar-refractivity contribution in [2.45, 2.75) is 475 Å². The third-order valence-electron chi connectivity index (χ3n) is 19.3. The summed E-state index contributed by atoms with van der Waals surface area (Å²) in [6, 6.07) is -0.536. The van der Waals surface area contributed by atoms with E-state index in [1.165, 1.54) is 379 Å². The number of carbonyl (C=O) groups is 2. The molecule has 3 N–H and O–H groups in total. The van der Waals surface area contributed by atoms with E-state index in [2.05, 4.69) is 43.5 Å². The molecule has 0 aromatic carbocycles. The number of nitrogens with one attached hydrogen (secondary N) is 1. The number of esters is 1. The van der Waals surface area contributed by atoms with E-state index in [-0.39, 0.29) is 18.5 Å². The van der Waals surface area contributed by atoms with Crippen LogP contribution in [-0.4, -0.2) is 47.4 Å². The zero-order chi connectivity index (χ0) is 63.5. The number of aliphatic hydroxyl groups is 2. The summed E-state index contributed by atoms with van der Waals surface area (Å²) in [5, 5.41) is 23.3. The van der Waals surface area contributed by atoms with E-state index in [0.29, 0.717) is 25.9 Å². The van der Waals surface area contributed by atoms with E-state index in [1.54, 1.807) is 0 Å². The van der Waals surface area contributed by atoms with Crippen LogP contribution in [0.2, 0.25) is 0 Å². The number of hydrogen-bond donors (Lipinski definition) is 3. The maximum atomic E-state index is 12.5. The van der Waals surface area contributed by atoms with Gasteiger partial charge in [-0.2, -0.15) is 0 Å². The van der Waals surface area contributed by atoms with Gasteiger partial charge in [0.2, 0.25) is 5.91 Å². The highest BCUT2D eigenvalue weighted by Crippen LogP contribution is 2.20. The Bertz CT molecular complexity index is 1380. The van der Waals surface area contributed by atoms with E-state index < -0.39 is 12.1 Å². The van der Waals surface area contributed by atoms with Gasteiger partial charge < -0.3 is 20.3 Å². The minimum atomic E-state index is -0.659. The molecule has 0 fully saturated rings. The summed E-state index contributed by atoms with van der Waals surface area (Å²) < 4.78 is 5.51. The molecule has 0 aliphatic rings. The topological polar surface area (TPSA) is 95.9 Å². The van der Waals surface area contributed by atoms with Crippen LogP contribution >= 0.6 is 0 Å². The Morgan fingerprint density at radius 2 is 0.568 bits per heavy atom. The summed E-state index contributed by atoms with van der Waals surface area (Å²) in [4.78, 5) is 24.6. The summed E-state index contributed by atoms with van der Waals surface area (Å²) in [7, 11) is 0. The normalized spacial score (nSPS) is 12.5. The third-order valence-corrected chi connectivity index (χ3v) is 19.3. The van der Waals surface area contributed by atoms with Crippen molar-refractivity contribution in [1.29, 1.82) is 0 Å². The van der Waals surface area contributed by atoms with E-state index in [9.17, 15) is 19.8 Å². The van der Waals surface area contributed by atoms with E-state index in [4.69, 9.17) is 4.74 Å². The predicted octanol–water partition coefficient (Wildman–Crippen LogP) is 26.8. The molecule has 0 spiro atoms. The van der Waals surface area contributed by atoms with Gasteiger partial charge in [-0.3, -0.25) is 9.59 Å². The van der Waals surface area contributed by atoms with Gasteiger partial charge in [0.25, 0.3) is 0 Å². The summed E-state index contributed by atoms with van der Waals surface area (Å²) in [6.45, 7) is 4.98. The number of unbranched alkanes of at least 4 members (excludes halogenated alkanes) is 62. The lowest BCUT2D eigenvalue weighted by molar-refractivity contribution is -0.143. The molecule has 0 aromatic heterocycles. The highest BCUT2D eigenvalue weighted by molar-refractivity contribution is 5.76. The summed E-state index contributed by atoms with van der Waals surface area (Å²) in [5.74, 6) is -0.00798. The van der Waals surface area contributed by atoms with E-state index in [0.717, 1.165) is 51.4 Å². The molecular weight excluding hydrogens is 1080 g/mol. The SMILES string of the molecule is CCCCCC/C=C\C/C=C\CCCCCCCCCC(=O)OCCCCCCCCCCCCCCCCCCCCCCCCCCCCCCCCCCCCCCCCCC(=O)NC(CO)C(O)CCCCCCCCCCCCCCCC. The number of aliphatic hydroxyl groups excluding tert-OH is 2. The fourth-order valence-corrected chi connectivity index (χ4v) is 13.1. The molecular formula is C82H159NO5. The maximum absolute atomic E-state index is 12.5. The lowest BCUT2D eigenvalue weighted by atomic mass is 10.0. The van der Waals surface area contributed by atoms with Crippen LogP contribution < -0.4 is 5.32 Å². The molecule has 0 saturated carbocycles. The molecule has 0 rings (SSSR count). The van der Waals surface area contributed by atoms with Crippen LogP contribution in [0.25, 0.3) is 0 Å². The number of allylic oxidation sites excluding steroid dienone is 4. The van der Waals surface area contributed by atoms with Gasteiger partial charge in [-0.15, -0.1) is 0 Å². The summed E-state index contributed by atoms with van der Waals surface area (Å²) in [5.41, 5.74) is 0. The van der Waals surface area contributed by atoms with E-state index in [1.807, 2.05) is 0 Å². The van der Waals surface area contributed by atoms with Gasteiger partial charge in [-0.05, 0) is 57.8 Å². The van der Waals surface area contributed by atoms with Crippen LogP contribution in [0.1, 0.15) is 463 Å². The van der Waals surface area contributed by atoms with Crippen molar-refractivity contribution >= 4 is 11.9 Å². The van der Waals surface area contributed by atoms with Gasteiger partial charge in [0.15, 0.2) is 0 Å². The van der Waals surface area contributed by atoms with Crippen LogP contribution in [-0.2, 0) is 14.3 Å². The van der Waals surface area contributed by atoms with Crippen LogP contribution in [0.5, 0.6) is 0 Å². The van der Waals surface area contributed by atoms with Gasteiger partial charge in [-0.1, -0.05) is 417 Å². The molecule has 2 unspecified atom stereocenters. The molecule has 0 bridgehead atoms. The lowest BCUT2D eigenvalue weighted by Gasteiger charge is -2.22. The van der Waals surface area contributed by atoms with Gasteiger partial charge in [0.1, 0.15) is 0 Å². The van der Waals surface area contributed by atoms with Crippen LogP contribution in [0.4, 0.5) is 0 Å². The van der Waals surface area contributed by atoms with Crippen molar-refractivity contribution < 1.29 is 24.5 Å². The molecule has 0 aromatic rings. The molecule has 2 atom stereocenters. The molecule has 0 aliphatic carbocycles. The summed E-state index contributed by atoms with van der Waals surface area (Å²) >= 11 is 0. The monoisotopic (exact) mass is 1240 g/mol. The molecule has 0 heterocycles. The fourth-order valence-electron chi connectivity index (χ4n) is 13.1. The third kappa shape index (κ3) is 73.4. The zero-order valence-corrected chi connectivity index (χ0v) is 60.0. The number of amides is 1. The zero-order valence-electron chi connectivity index (χ0n) is 60.0. The number of rotatable bonds is 77. The minimum absolute atomic E-state index is 0.0176. The van der Waals surface area contributed by atoms with Crippen molar-refractivity contribution in [2.24, 2.45) is 0 Å². The number of hydrogen-bond acceptors (Lipinski definition) is 5. The Hall–Kier alpha value is -1.66. The largest absolute Gasteiger partial charge is 0.466 e. The second-order valence-electron chi connectivity index (χ2n) is 28.1. The molecule has 0 aliphatic heterocycles. The van der Waals surface area contributed by atoms with Gasteiger partial charge in [-0.25, -0.2) is 0 Å². The van der Waals surface area contributed by atoms with Crippen molar-refractivity contribution in [1.82, 2.24) is 5.32 Å². The van der Waals surface area contributed by atoms with Crippen molar-refractivity contribution in [2.75, 3.05) is 13.2 Å². The second-order valence-corrected chi connectivity index (χ2v) is 28.1. The van der Waals surface area contributed by atoms with E-state index >= 15 is 0 Å². The molecule has 6 nitrogen and oxygen atoms in total. The lowest BCUT2D eigenvalue weighted by Crippen LogP contribution is -2.45. The first-order valence-electron chi connectivity index (χ1n) is 40.6. The highest BCUT2D eigenvalue weighted by atomic mass is 16.5. The van der Waals surface area contributed by atoms with Gasteiger partial charge in [0.05, 0.1) is 25.4 Å². The van der Waals surface area contributed by atoms with Crippen molar-refractivity contribution in [3.8, 4) is 0 Å². The Morgan fingerprint density at radius 1 is 0.318 bits per heavy atom. The Labute approximate surface area is 551 Å². The number of carbonyl (C=O) groups excluding carboxylic acids is 2. The first-order valence-corrected chi connectivity index (χ1v) is 40.6. The molecule has 522 valence electrons. The highest BCUT2D eigenvalue weighted by Gasteiger charge is 2.20. The molecule has 6 heteroatoms. The second kappa shape index (κ2) is 77.8.